The quantitative estimate of drug-likeness (QED) is 0.877. The smallest absolute Gasteiger partial charge is 0.0406 e. The van der Waals surface area contributed by atoms with Gasteiger partial charge in [0.2, 0.25) is 0 Å². The van der Waals surface area contributed by atoms with Crippen molar-refractivity contribution in [3.05, 3.63) is 56.2 Å². The van der Waals surface area contributed by atoms with Crippen molar-refractivity contribution < 1.29 is 0 Å². The molecule has 0 aliphatic heterocycles. The summed E-state index contributed by atoms with van der Waals surface area (Å²) in [5.74, 6) is 0.595. The predicted molar refractivity (Wildman–Crippen MR) is 81.3 cm³/mol. The molecule has 0 saturated carbocycles. The fraction of sp³-hybridized carbons (Fsp3) is 0.333. The fourth-order valence-corrected chi connectivity index (χ4v) is 4.60. The highest BCUT2D eigenvalue weighted by Gasteiger charge is 2.30. The minimum absolute atomic E-state index is 0.411. The SMILES string of the molecule is CNC(c1cscc1Br)C1CCc2ccccc21. The van der Waals surface area contributed by atoms with Crippen LogP contribution in [0, 0.1) is 0 Å². The normalized spacial score (nSPS) is 19.8. The predicted octanol–water partition coefficient (Wildman–Crippen LogP) is 4.50. The molecule has 0 spiro atoms. The number of likely N-dealkylation sites (N-methyl/N-ethyl adjacent to an activating group) is 1. The van der Waals surface area contributed by atoms with E-state index in [2.05, 4.69) is 63.3 Å². The van der Waals surface area contributed by atoms with Gasteiger partial charge in [-0.3, -0.25) is 0 Å². The molecule has 3 rings (SSSR count). The molecule has 1 aromatic heterocycles. The molecule has 94 valence electrons. The van der Waals surface area contributed by atoms with Crippen molar-refractivity contribution in [2.45, 2.75) is 24.8 Å². The first-order valence-electron chi connectivity index (χ1n) is 6.28. The van der Waals surface area contributed by atoms with Gasteiger partial charge in [0, 0.05) is 21.8 Å². The van der Waals surface area contributed by atoms with Crippen LogP contribution in [-0.4, -0.2) is 7.05 Å². The fourth-order valence-electron chi connectivity index (χ4n) is 3.02. The van der Waals surface area contributed by atoms with Crippen LogP contribution in [0.1, 0.15) is 35.1 Å². The summed E-state index contributed by atoms with van der Waals surface area (Å²) < 4.78 is 1.23. The second-order valence-corrected chi connectivity index (χ2v) is 6.38. The summed E-state index contributed by atoms with van der Waals surface area (Å²) in [4.78, 5) is 0. The number of aryl methyl sites for hydroxylation is 1. The number of thiophene rings is 1. The molecule has 2 atom stereocenters. The lowest BCUT2D eigenvalue weighted by Gasteiger charge is -2.24. The standard InChI is InChI=1S/C15H16BrNS/c1-17-15(13-8-18-9-14(13)16)12-7-6-10-4-2-3-5-11(10)12/h2-5,8-9,12,15,17H,6-7H2,1H3. The topological polar surface area (TPSA) is 12.0 Å². The van der Waals surface area contributed by atoms with E-state index in [0.29, 0.717) is 12.0 Å². The van der Waals surface area contributed by atoms with Crippen LogP contribution >= 0.6 is 27.3 Å². The molecule has 1 nitrogen and oxygen atoms in total. The van der Waals surface area contributed by atoms with Crippen molar-refractivity contribution in [2.24, 2.45) is 0 Å². The van der Waals surface area contributed by atoms with Crippen molar-refractivity contribution in [2.75, 3.05) is 7.05 Å². The van der Waals surface area contributed by atoms with E-state index in [4.69, 9.17) is 0 Å². The number of rotatable bonds is 3. The van der Waals surface area contributed by atoms with E-state index in [9.17, 15) is 0 Å². The maximum Gasteiger partial charge on any atom is 0.0406 e. The zero-order chi connectivity index (χ0) is 12.5. The largest absolute Gasteiger partial charge is 0.312 e. The van der Waals surface area contributed by atoms with Crippen LogP contribution < -0.4 is 5.32 Å². The minimum atomic E-state index is 0.411. The van der Waals surface area contributed by atoms with Gasteiger partial charge in [-0.25, -0.2) is 0 Å². The van der Waals surface area contributed by atoms with E-state index < -0.39 is 0 Å². The van der Waals surface area contributed by atoms with Gasteiger partial charge in [-0.2, -0.15) is 11.3 Å². The van der Waals surface area contributed by atoms with Gasteiger partial charge in [-0.15, -0.1) is 0 Å². The molecule has 1 aromatic carbocycles. The number of halogens is 1. The van der Waals surface area contributed by atoms with E-state index in [1.807, 2.05) is 0 Å². The van der Waals surface area contributed by atoms with E-state index >= 15 is 0 Å². The Morgan fingerprint density at radius 3 is 2.89 bits per heavy atom. The summed E-state index contributed by atoms with van der Waals surface area (Å²) in [5.41, 5.74) is 4.44. The maximum absolute atomic E-state index is 3.67. The van der Waals surface area contributed by atoms with Crippen LogP contribution in [0.4, 0.5) is 0 Å². The minimum Gasteiger partial charge on any atom is -0.312 e. The highest BCUT2D eigenvalue weighted by atomic mass is 79.9. The van der Waals surface area contributed by atoms with Gasteiger partial charge >= 0.3 is 0 Å². The zero-order valence-electron chi connectivity index (χ0n) is 10.3. The monoisotopic (exact) mass is 321 g/mol. The van der Waals surface area contributed by atoms with Gasteiger partial charge < -0.3 is 5.32 Å². The van der Waals surface area contributed by atoms with E-state index in [-0.39, 0.29) is 0 Å². The molecule has 1 aliphatic rings. The molecule has 0 fully saturated rings. The molecule has 1 aliphatic carbocycles. The third-order valence-corrected chi connectivity index (χ3v) is 5.62. The summed E-state index contributed by atoms with van der Waals surface area (Å²) in [6, 6.07) is 9.28. The van der Waals surface area contributed by atoms with Crippen molar-refractivity contribution in [3.63, 3.8) is 0 Å². The maximum atomic E-state index is 3.67. The first-order chi connectivity index (χ1) is 8.81. The lowest BCUT2D eigenvalue weighted by molar-refractivity contribution is 0.476. The Kier molecular flexibility index (Phi) is 3.55. The first-order valence-corrected chi connectivity index (χ1v) is 8.01. The Morgan fingerprint density at radius 1 is 1.33 bits per heavy atom. The van der Waals surface area contributed by atoms with E-state index in [0.717, 1.165) is 0 Å². The molecule has 1 heterocycles. The summed E-state index contributed by atoms with van der Waals surface area (Å²) >= 11 is 5.43. The molecule has 0 radical (unpaired) electrons. The summed E-state index contributed by atoms with van der Waals surface area (Å²) in [7, 11) is 2.07. The average molecular weight is 322 g/mol. The molecule has 1 N–H and O–H groups in total. The van der Waals surface area contributed by atoms with Crippen molar-refractivity contribution in [3.8, 4) is 0 Å². The third-order valence-electron chi connectivity index (χ3n) is 3.87. The number of fused-ring (bicyclic) bond motifs is 1. The Bertz CT molecular complexity index is 549. The van der Waals surface area contributed by atoms with Gasteiger partial charge in [0.05, 0.1) is 0 Å². The Hall–Kier alpha value is -0.640. The molecule has 0 bridgehead atoms. The Morgan fingerprint density at radius 2 is 2.17 bits per heavy atom. The second kappa shape index (κ2) is 5.16. The lowest BCUT2D eigenvalue weighted by atomic mass is 9.89. The summed E-state index contributed by atoms with van der Waals surface area (Å²) in [6.45, 7) is 0. The van der Waals surface area contributed by atoms with Gasteiger partial charge in [-0.05, 0) is 57.9 Å². The molecule has 2 unspecified atom stereocenters. The van der Waals surface area contributed by atoms with Crippen LogP contribution in [0.5, 0.6) is 0 Å². The molecule has 3 heteroatoms. The first kappa shape index (κ1) is 12.4. The summed E-state index contributed by atoms with van der Waals surface area (Å²) in [6.07, 6.45) is 2.45. The molecule has 0 amide bonds. The van der Waals surface area contributed by atoms with Crippen molar-refractivity contribution in [1.29, 1.82) is 0 Å². The van der Waals surface area contributed by atoms with E-state index in [1.165, 1.54) is 34.0 Å². The Labute approximate surface area is 120 Å². The molecule has 2 aromatic rings. The molecular weight excluding hydrogens is 306 g/mol. The van der Waals surface area contributed by atoms with Gasteiger partial charge in [0.1, 0.15) is 0 Å². The number of nitrogens with one attached hydrogen (secondary N) is 1. The second-order valence-electron chi connectivity index (χ2n) is 4.79. The highest BCUT2D eigenvalue weighted by Crippen LogP contribution is 2.43. The van der Waals surface area contributed by atoms with Gasteiger partial charge in [0.25, 0.3) is 0 Å². The zero-order valence-corrected chi connectivity index (χ0v) is 12.7. The van der Waals surface area contributed by atoms with Gasteiger partial charge in [0.15, 0.2) is 0 Å². The van der Waals surface area contributed by atoms with Crippen molar-refractivity contribution >= 4 is 27.3 Å². The van der Waals surface area contributed by atoms with Crippen LogP contribution in [0.3, 0.4) is 0 Å². The van der Waals surface area contributed by atoms with Crippen LogP contribution in [0.2, 0.25) is 0 Å². The molecule has 18 heavy (non-hydrogen) atoms. The van der Waals surface area contributed by atoms with Gasteiger partial charge in [-0.1, -0.05) is 24.3 Å². The highest BCUT2D eigenvalue weighted by molar-refractivity contribution is 9.10. The summed E-state index contributed by atoms with van der Waals surface area (Å²) in [5, 5.41) is 7.93. The third kappa shape index (κ3) is 2.04. The Balaban J connectivity index is 1.98. The van der Waals surface area contributed by atoms with Crippen molar-refractivity contribution in [1.82, 2.24) is 5.32 Å². The molecule has 0 saturated heterocycles. The number of benzene rings is 1. The van der Waals surface area contributed by atoms with Crippen LogP contribution in [0.25, 0.3) is 0 Å². The van der Waals surface area contributed by atoms with E-state index in [1.54, 1.807) is 11.3 Å². The number of hydrogen-bond acceptors (Lipinski definition) is 2. The van der Waals surface area contributed by atoms with Crippen LogP contribution in [-0.2, 0) is 6.42 Å². The van der Waals surface area contributed by atoms with Crippen LogP contribution in [0.15, 0.2) is 39.5 Å². The number of hydrogen-bond donors (Lipinski definition) is 1. The molecular formula is C15H16BrNS. The lowest BCUT2D eigenvalue weighted by Crippen LogP contribution is -2.22. The average Bonchev–Trinajstić information content (AvgIpc) is 2.99.